The summed E-state index contributed by atoms with van der Waals surface area (Å²) in [6.45, 7) is 3.96. The summed E-state index contributed by atoms with van der Waals surface area (Å²) >= 11 is 3.10. The molecule has 106 valence electrons. The maximum Gasteiger partial charge on any atom is 0.308 e. The first kappa shape index (κ1) is 15.9. The number of nitrogens with one attached hydrogen (secondary N) is 1. The molecule has 4 nitrogen and oxygen atoms in total. The Bertz CT molecular complexity index is 454. The number of benzene rings is 1. The van der Waals surface area contributed by atoms with Gasteiger partial charge in [-0.1, -0.05) is 0 Å². The van der Waals surface area contributed by atoms with Crippen molar-refractivity contribution in [1.29, 1.82) is 0 Å². The number of aryl methyl sites for hydroxylation is 1. The number of aliphatic hydroxyl groups excluding tert-OH is 1. The molecule has 1 aromatic rings. The molecule has 0 fully saturated rings. The van der Waals surface area contributed by atoms with Crippen LogP contribution in [0.1, 0.15) is 18.9 Å². The molecule has 1 aromatic carbocycles. The first-order valence-corrected chi connectivity index (χ1v) is 6.76. The van der Waals surface area contributed by atoms with Crippen LogP contribution >= 0.6 is 15.9 Å². The van der Waals surface area contributed by atoms with Crippen molar-refractivity contribution in [2.24, 2.45) is 0 Å². The van der Waals surface area contributed by atoms with Gasteiger partial charge in [-0.05, 0) is 47.5 Å². The minimum absolute atomic E-state index is 0.0672. The molecule has 0 aliphatic rings. The molecule has 0 radical (unpaired) electrons. The van der Waals surface area contributed by atoms with Gasteiger partial charge in [-0.15, -0.1) is 0 Å². The van der Waals surface area contributed by atoms with E-state index in [9.17, 15) is 14.3 Å². The van der Waals surface area contributed by atoms with Crippen molar-refractivity contribution in [3.05, 3.63) is 28.0 Å². The van der Waals surface area contributed by atoms with Gasteiger partial charge in [0, 0.05) is 12.2 Å². The van der Waals surface area contributed by atoms with E-state index in [0.717, 1.165) is 5.56 Å². The lowest BCUT2D eigenvalue weighted by Crippen LogP contribution is -2.24. The number of carbonyl (C=O) groups excluding carboxylic acids is 1. The fourth-order valence-electron chi connectivity index (χ4n) is 1.55. The molecule has 6 heteroatoms. The van der Waals surface area contributed by atoms with Gasteiger partial charge >= 0.3 is 5.97 Å². The molecular formula is C13H17BrFNO3. The highest BCUT2D eigenvalue weighted by molar-refractivity contribution is 9.10. The summed E-state index contributed by atoms with van der Waals surface area (Å²) in [7, 11) is 0. The number of halogens is 2. The summed E-state index contributed by atoms with van der Waals surface area (Å²) in [6, 6.07) is 2.99. The number of carbonyl (C=O) groups is 1. The molecule has 0 heterocycles. The Hall–Kier alpha value is -1.14. The number of hydrogen-bond donors (Lipinski definition) is 2. The van der Waals surface area contributed by atoms with Gasteiger partial charge in [0.25, 0.3) is 0 Å². The molecule has 19 heavy (non-hydrogen) atoms. The van der Waals surface area contributed by atoms with Crippen molar-refractivity contribution in [3.8, 4) is 0 Å². The third kappa shape index (κ3) is 5.16. The lowest BCUT2D eigenvalue weighted by atomic mass is 10.2. The van der Waals surface area contributed by atoms with Crippen LogP contribution in [0.25, 0.3) is 0 Å². The minimum Gasteiger partial charge on any atom is -0.466 e. The Morgan fingerprint density at radius 1 is 1.58 bits per heavy atom. The van der Waals surface area contributed by atoms with E-state index in [-0.39, 0.29) is 18.8 Å². The summed E-state index contributed by atoms with van der Waals surface area (Å²) in [5.74, 6) is -0.774. The van der Waals surface area contributed by atoms with Gasteiger partial charge in [0.15, 0.2) is 0 Å². The zero-order valence-corrected chi connectivity index (χ0v) is 12.5. The fraction of sp³-hybridized carbons (Fsp3) is 0.462. The van der Waals surface area contributed by atoms with Gasteiger partial charge in [0.1, 0.15) is 5.82 Å². The predicted molar refractivity (Wildman–Crippen MR) is 74.6 cm³/mol. The van der Waals surface area contributed by atoms with Crippen LogP contribution in [-0.4, -0.2) is 30.3 Å². The van der Waals surface area contributed by atoms with Crippen LogP contribution in [0, 0.1) is 12.7 Å². The van der Waals surface area contributed by atoms with Crippen molar-refractivity contribution in [3.63, 3.8) is 0 Å². The molecule has 0 spiro atoms. The zero-order chi connectivity index (χ0) is 14.4. The second-order valence-electron chi connectivity index (χ2n) is 4.13. The Morgan fingerprint density at radius 2 is 2.26 bits per heavy atom. The topological polar surface area (TPSA) is 58.6 Å². The lowest BCUT2D eigenvalue weighted by molar-refractivity contribution is -0.145. The molecule has 2 N–H and O–H groups in total. The first-order valence-electron chi connectivity index (χ1n) is 5.97. The average Bonchev–Trinajstić information content (AvgIpc) is 2.32. The number of hydrogen-bond acceptors (Lipinski definition) is 4. The highest BCUT2D eigenvalue weighted by Gasteiger charge is 2.12. The summed E-state index contributed by atoms with van der Waals surface area (Å²) in [5, 5.41) is 12.6. The van der Waals surface area contributed by atoms with E-state index in [1.54, 1.807) is 19.9 Å². The number of aliphatic hydroxyl groups is 1. The summed E-state index contributed by atoms with van der Waals surface area (Å²) in [6.07, 6.45) is -0.912. The van der Waals surface area contributed by atoms with Crippen LogP contribution in [0.4, 0.5) is 10.1 Å². The normalized spacial score (nSPS) is 12.1. The van der Waals surface area contributed by atoms with Crippen LogP contribution < -0.4 is 5.32 Å². The van der Waals surface area contributed by atoms with E-state index in [0.29, 0.717) is 16.8 Å². The average molecular weight is 334 g/mol. The molecule has 0 amide bonds. The summed E-state index contributed by atoms with van der Waals surface area (Å²) in [4.78, 5) is 11.2. The number of ether oxygens (including phenoxy) is 1. The van der Waals surface area contributed by atoms with E-state index >= 15 is 0 Å². The highest BCUT2D eigenvalue weighted by atomic mass is 79.9. The molecule has 0 aromatic heterocycles. The SMILES string of the molecule is CCOC(=O)CC(O)CNc1cc(Br)c(F)cc1C. The van der Waals surface area contributed by atoms with Gasteiger partial charge < -0.3 is 15.2 Å². The summed E-state index contributed by atoms with van der Waals surface area (Å²) < 4.78 is 18.3. The van der Waals surface area contributed by atoms with Gasteiger partial charge in [-0.25, -0.2) is 4.39 Å². The molecule has 1 atom stereocenters. The maximum absolute atomic E-state index is 13.2. The van der Waals surface area contributed by atoms with Crippen LogP contribution in [0.3, 0.4) is 0 Å². The number of esters is 1. The van der Waals surface area contributed by atoms with Crippen LogP contribution in [-0.2, 0) is 9.53 Å². The molecule has 1 rings (SSSR count). The van der Waals surface area contributed by atoms with E-state index in [4.69, 9.17) is 4.74 Å². The minimum atomic E-state index is -0.845. The standard InChI is InChI=1S/C13H17BrFNO3/c1-3-19-13(18)5-9(17)7-16-12-6-10(14)11(15)4-8(12)2/h4,6,9,16-17H,3,5,7H2,1-2H3. The van der Waals surface area contributed by atoms with E-state index < -0.39 is 12.1 Å². The molecular weight excluding hydrogens is 317 g/mol. The monoisotopic (exact) mass is 333 g/mol. The van der Waals surface area contributed by atoms with Crippen LogP contribution in [0.15, 0.2) is 16.6 Å². The largest absolute Gasteiger partial charge is 0.466 e. The smallest absolute Gasteiger partial charge is 0.308 e. The molecule has 1 unspecified atom stereocenters. The van der Waals surface area contributed by atoms with Gasteiger partial charge in [-0.2, -0.15) is 0 Å². The molecule has 0 saturated carbocycles. The quantitative estimate of drug-likeness (QED) is 0.786. The van der Waals surface area contributed by atoms with E-state index in [1.165, 1.54) is 6.07 Å². The van der Waals surface area contributed by atoms with Crippen molar-refractivity contribution < 1.29 is 19.0 Å². The number of anilines is 1. The highest BCUT2D eigenvalue weighted by Crippen LogP contribution is 2.24. The van der Waals surface area contributed by atoms with Crippen molar-refractivity contribution in [1.82, 2.24) is 0 Å². The summed E-state index contributed by atoms with van der Waals surface area (Å²) in [5.41, 5.74) is 1.43. The molecule has 0 saturated heterocycles. The number of rotatable bonds is 6. The zero-order valence-electron chi connectivity index (χ0n) is 10.9. The predicted octanol–water partition coefficient (Wildman–Crippen LogP) is 2.62. The van der Waals surface area contributed by atoms with Crippen LogP contribution in [0.5, 0.6) is 0 Å². The third-order valence-electron chi connectivity index (χ3n) is 2.50. The Labute approximate surface area is 120 Å². The molecule has 0 aliphatic carbocycles. The third-order valence-corrected chi connectivity index (χ3v) is 3.11. The van der Waals surface area contributed by atoms with Gasteiger partial charge in [0.2, 0.25) is 0 Å². The maximum atomic E-state index is 13.2. The lowest BCUT2D eigenvalue weighted by Gasteiger charge is -2.14. The van der Waals surface area contributed by atoms with Gasteiger partial charge in [0.05, 0.1) is 23.6 Å². The molecule has 0 bridgehead atoms. The van der Waals surface area contributed by atoms with E-state index in [1.807, 2.05) is 0 Å². The Morgan fingerprint density at radius 3 is 2.89 bits per heavy atom. The fourth-order valence-corrected chi connectivity index (χ4v) is 1.89. The Kier molecular flexibility index (Phi) is 6.24. The molecule has 0 aliphatic heterocycles. The first-order chi connectivity index (χ1) is 8.93. The van der Waals surface area contributed by atoms with Crippen molar-refractivity contribution >= 4 is 27.6 Å². The van der Waals surface area contributed by atoms with Crippen LogP contribution in [0.2, 0.25) is 0 Å². The van der Waals surface area contributed by atoms with E-state index in [2.05, 4.69) is 21.2 Å². The second-order valence-corrected chi connectivity index (χ2v) is 4.98. The van der Waals surface area contributed by atoms with Crippen molar-refractivity contribution in [2.45, 2.75) is 26.4 Å². The second kappa shape index (κ2) is 7.45. The Balaban J connectivity index is 2.52. The van der Waals surface area contributed by atoms with Crippen molar-refractivity contribution in [2.75, 3.05) is 18.5 Å². The van der Waals surface area contributed by atoms with Gasteiger partial charge in [-0.3, -0.25) is 4.79 Å².